The first-order chi connectivity index (χ1) is 26.9. The molecule has 2 aliphatic carbocycles. The van der Waals surface area contributed by atoms with Gasteiger partial charge in [-0.2, -0.15) is 18.4 Å². The van der Waals surface area contributed by atoms with Crippen molar-refractivity contribution < 1.29 is 22.4 Å². The Labute approximate surface area is 330 Å². The van der Waals surface area contributed by atoms with Crippen molar-refractivity contribution in [1.82, 2.24) is 24.8 Å². The highest BCUT2D eigenvalue weighted by Gasteiger charge is 2.55. The number of anilines is 1. The number of halogens is 6. The summed E-state index contributed by atoms with van der Waals surface area (Å²) in [4.78, 5) is 27.2. The number of alkyl halides is 3. The van der Waals surface area contributed by atoms with Crippen LogP contribution in [0, 0.1) is 41.8 Å². The molecule has 1 N–H and O–H groups in total. The van der Waals surface area contributed by atoms with Crippen LogP contribution in [0.5, 0.6) is 0 Å². The number of fused-ring (bicyclic) bond motifs is 6. The Morgan fingerprint density at radius 2 is 1.89 bits per heavy atom. The van der Waals surface area contributed by atoms with Crippen LogP contribution in [0.25, 0.3) is 32.9 Å². The molecule has 4 bridgehead atoms. The summed E-state index contributed by atoms with van der Waals surface area (Å²) < 4.78 is 59.9. The number of nitrogens with zero attached hydrogens (tertiary/aromatic N) is 6. The quantitative estimate of drug-likeness (QED) is 0.165. The van der Waals surface area contributed by atoms with Crippen LogP contribution in [0.2, 0.25) is 10.0 Å². The summed E-state index contributed by atoms with van der Waals surface area (Å²) in [6.45, 7) is 3.76. The van der Waals surface area contributed by atoms with Crippen molar-refractivity contribution in [3.05, 3.63) is 87.2 Å². The number of hydrogen-bond acceptors (Lipinski definition) is 6. The number of rotatable bonds is 7. The Morgan fingerprint density at radius 1 is 1.07 bits per heavy atom. The van der Waals surface area contributed by atoms with Crippen molar-refractivity contribution in [3.63, 3.8) is 0 Å². The maximum Gasteiger partial charge on any atom is 0.433 e. The molecule has 0 radical (unpaired) electrons. The fourth-order valence-electron chi connectivity index (χ4n) is 10.3. The average molecular weight is 803 g/mol. The zero-order valence-corrected chi connectivity index (χ0v) is 31.9. The topological polar surface area (TPSA) is 90.1 Å². The van der Waals surface area contributed by atoms with E-state index in [-0.39, 0.29) is 70.9 Å². The Kier molecular flexibility index (Phi) is 8.37. The van der Waals surface area contributed by atoms with E-state index in [4.69, 9.17) is 28.2 Å². The molecule has 4 saturated heterocycles. The second kappa shape index (κ2) is 13.0. The van der Waals surface area contributed by atoms with E-state index in [1.165, 1.54) is 12.3 Å². The van der Waals surface area contributed by atoms with E-state index in [1.54, 1.807) is 18.2 Å². The number of aromatic nitrogens is 3. The molecule has 56 heavy (non-hydrogen) atoms. The third-order valence-electron chi connectivity index (χ3n) is 12.9. The van der Waals surface area contributed by atoms with E-state index in [2.05, 4.69) is 36.8 Å². The predicted octanol–water partition coefficient (Wildman–Crippen LogP) is 9.20. The molecule has 5 aromatic rings. The molecule has 2 saturated carbocycles. The maximum atomic E-state index is 17.3. The van der Waals surface area contributed by atoms with E-state index in [0.717, 1.165) is 54.9 Å². The minimum atomic E-state index is -4.54. The van der Waals surface area contributed by atoms with Crippen LogP contribution in [0.3, 0.4) is 0 Å². The van der Waals surface area contributed by atoms with Gasteiger partial charge in [0, 0.05) is 77.2 Å². The lowest BCUT2D eigenvalue weighted by atomic mass is 9.79. The van der Waals surface area contributed by atoms with Crippen LogP contribution in [0.15, 0.2) is 48.7 Å². The summed E-state index contributed by atoms with van der Waals surface area (Å²) in [5.74, 6) is -0.138. The van der Waals surface area contributed by atoms with Gasteiger partial charge in [0.2, 0.25) is 5.91 Å². The van der Waals surface area contributed by atoms with Crippen LogP contribution in [-0.2, 0) is 17.4 Å². The fourth-order valence-corrected chi connectivity index (χ4v) is 10.7. The summed E-state index contributed by atoms with van der Waals surface area (Å²) in [7, 11) is 0. The van der Waals surface area contributed by atoms with Crippen molar-refractivity contribution in [1.29, 1.82) is 5.26 Å². The van der Waals surface area contributed by atoms with Gasteiger partial charge in [0.15, 0.2) is 5.82 Å². The molecule has 2 aromatic carbocycles. The number of carbonyl (C=O) groups is 1. The number of benzene rings is 2. The highest BCUT2D eigenvalue weighted by atomic mass is 35.5. The third-order valence-corrected chi connectivity index (χ3v) is 13.7. The molecule has 6 aliphatic rings. The van der Waals surface area contributed by atoms with Gasteiger partial charge in [-0.05, 0) is 80.8 Å². The minimum absolute atomic E-state index is 0.0217. The van der Waals surface area contributed by atoms with E-state index in [9.17, 15) is 23.2 Å². The molecule has 6 fully saturated rings. The summed E-state index contributed by atoms with van der Waals surface area (Å²) in [6, 6.07) is 13.7. The highest BCUT2D eigenvalue weighted by molar-refractivity contribution is 6.43. The smallest absolute Gasteiger partial charge is 0.368 e. The van der Waals surface area contributed by atoms with Gasteiger partial charge in [0.25, 0.3) is 0 Å². The molecule has 288 valence electrons. The van der Waals surface area contributed by atoms with E-state index >= 15 is 4.39 Å². The minimum Gasteiger partial charge on any atom is -0.368 e. The molecule has 11 rings (SSSR count). The molecule has 8 nitrogen and oxygen atoms in total. The zero-order chi connectivity index (χ0) is 38.8. The number of aryl methyl sites for hydroxylation is 2. The van der Waals surface area contributed by atoms with E-state index in [0.29, 0.717) is 51.9 Å². The predicted molar refractivity (Wildman–Crippen MR) is 206 cm³/mol. The van der Waals surface area contributed by atoms with E-state index < -0.39 is 17.7 Å². The normalized spacial score (nSPS) is 25.6. The number of likely N-dealkylation sites (tertiary alicyclic amines) is 1. The molecule has 3 aromatic heterocycles. The van der Waals surface area contributed by atoms with Gasteiger partial charge in [0.1, 0.15) is 11.2 Å². The monoisotopic (exact) mass is 801 g/mol. The molecule has 0 spiro atoms. The third kappa shape index (κ3) is 5.52. The molecule has 7 heterocycles. The lowest BCUT2D eigenvalue weighted by Crippen LogP contribution is -2.45. The molecule has 14 heteroatoms. The molecular formula is C42H37Cl2F4N7O. The van der Waals surface area contributed by atoms with Crippen molar-refractivity contribution in [3.8, 4) is 17.2 Å². The van der Waals surface area contributed by atoms with Crippen molar-refractivity contribution >= 4 is 56.6 Å². The molecule has 1 amide bonds. The standard InChI is InChI=1S/C42H37Cl2F4N7O/c1-20-28-15-32(39-24-12-26(54(39)41(56)21-7-8-21)19-53(18-24)25-9-10-33(51-17-25)42(46,47)48)55(38-23-14-31(38)50-16-23)40(28)29-13-22(4-3-11-49)34(36(45)37(29)52-20)27-5-2-6-30(43)35(27)44/h2,5-6,9-10,13,15,17,21,23-24,26,31,38-39,50H,3-4,7-8,12,14,16,18-19H2,1H3/t23-,24+,26-,31-,38+,39-/m1/s1. The Balaban J connectivity index is 1.18. The number of carbonyl (C=O) groups excluding carboxylic acids is 1. The Hall–Kier alpha value is -4.44. The number of nitrogens with one attached hydrogen (secondary N) is 1. The van der Waals surface area contributed by atoms with Crippen molar-refractivity contribution in [2.75, 3.05) is 24.5 Å². The van der Waals surface area contributed by atoms with Gasteiger partial charge in [-0.3, -0.25) is 4.79 Å². The van der Waals surface area contributed by atoms with Crippen LogP contribution < -0.4 is 10.2 Å². The first kappa shape index (κ1) is 35.9. The van der Waals surface area contributed by atoms with Gasteiger partial charge in [-0.15, -0.1) is 0 Å². The lowest BCUT2D eigenvalue weighted by molar-refractivity contribution is -0.141. The largest absolute Gasteiger partial charge is 0.433 e. The maximum absolute atomic E-state index is 17.3. The Morgan fingerprint density at radius 3 is 2.57 bits per heavy atom. The van der Waals surface area contributed by atoms with Gasteiger partial charge >= 0.3 is 6.18 Å². The van der Waals surface area contributed by atoms with Gasteiger partial charge in [-0.1, -0.05) is 35.3 Å². The second-order valence-electron chi connectivity index (χ2n) is 16.2. The zero-order valence-electron chi connectivity index (χ0n) is 30.4. The fraction of sp³-hybridized carbons (Fsp3) is 0.429. The number of nitriles is 1. The summed E-state index contributed by atoms with van der Waals surface area (Å²) in [5, 5.41) is 15.3. The summed E-state index contributed by atoms with van der Waals surface area (Å²) >= 11 is 13.1. The van der Waals surface area contributed by atoms with Gasteiger partial charge in [-0.25, -0.2) is 14.4 Å². The van der Waals surface area contributed by atoms with E-state index in [1.807, 2.05) is 13.0 Å². The first-order valence-corrected chi connectivity index (χ1v) is 20.0. The number of piperidine rings is 1. The molecule has 4 aliphatic heterocycles. The first-order valence-electron chi connectivity index (χ1n) is 19.2. The van der Waals surface area contributed by atoms with Gasteiger partial charge in [0.05, 0.1) is 51.6 Å². The number of amides is 1. The van der Waals surface area contributed by atoms with Crippen LogP contribution in [0.1, 0.15) is 66.8 Å². The van der Waals surface area contributed by atoms with Crippen LogP contribution in [0.4, 0.5) is 23.2 Å². The average Bonchev–Trinajstić information content (AvgIpc) is 3.46. The molecule has 0 unspecified atom stereocenters. The summed E-state index contributed by atoms with van der Waals surface area (Å²) in [6.07, 6.45) is 0.643. The number of pyridine rings is 2. The summed E-state index contributed by atoms with van der Waals surface area (Å²) in [5.41, 5.74) is 3.68. The van der Waals surface area contributed by atoms with Crippen molar-refractivity contribution in [2.45, 2.75) is 75.8 Å². The van der Waals surface area contributed by atoms with Gasteiger partial charge < -0.3 is 19.7 Å². The number of hydrogen-bond donors (Lipinski definition) is 1. The van der Waals surface area contributed by atoms with Crippen LogP contribution in [-0.4, -0.2) is 57.1 Å². The second-order valence-corrected chi connectivity index (χ2v) is 17.0. The SMILES string of the molecule is Cc1nc2c(F)c(-c3cccc(Cl)c3Cl)c(CCC#N)cc2c2c1cc([C@H]1[C@H]3C[C@H](CN(c4ccc(C(F)(F)F)nc4)C3)N1C(=O)C1CC1)n2[C@H]1[C@H]2CN[C@@H]1C2. The molecular weight excluding hydrogens is 765 g/mol. The Bertz CT molecular complexity index is 2480. The highest BCUT2D eigenvalue weighted by Crippen LogP contribution is 2.54. The van der Waals surface area contributed by atoms with Crippen molar-refractivity contribution in [2.24, 2.45) is 17.8 Å². The lowest BCUT2D eigenvalue weighted by Gasteiger charge is -2.40. The molecule has 6 atom stereocenters. The van der Waals surface area contributed by atoms with Crippen LogP contribution >= 0.6 is 23.2 Å².